The average molecular weight is 380 g/mol. The molecular weight excluding hydrogens is 359 g/mol. The number of pyridine rings is 1. The Morgan fingerprint density at radius 1 is 1.14 bits per heavy atom. The zero-order valence-corrected chi connectivity index (χ0v) is 15.3. The molecule has 28 heavy (non-hydrogen) atoms. The van der Waals surface area contributed by atoms with Gasteiger partial charge in [0.25, 0.3) is 0 Å². The fourth-order valence-electron chi connectivity index (χ4n) is 4.27. The molecule has 5 rings (SSSR count). The van der Waals surface area contributed by atoms with Crippen LogP contribution < -0.4 is 10.1 Å². The molecule has 0 radical (unpaired) electrons. The van der Waals surface area contributed by atoms with Crippen LogP contribution >= 0.6 is 0 Å². The van der Waals surface area contributed by atoms with E-state index in [1.165, 1.54) is 0 Å². The molecule has 4 atom stereocenters. The average Bonchev–Trinajstić information content (AvgIpc) is 2.72. The van der Waals surface area contributed by atoms with Crippen LogP contribution in [0.1, 0.15) is 25.7 Å². The van der Waals surface area contributed by atoms with Gasteiger partial charge < -0.3 is 15.2 Å². The topological polar surface area (TPSA) is 80.2 Å². The zero-order chi connectivity index (χ0) is 19.1. The van der Waals surface area contributed by atoms with Gasteiger partial charge >= 0.3 is 0 Å². The van der Waals surface area contributed by atoms with Gasteiger partial charge in [0.05, 0.1) is 11.2 Å². The van der Waals surface area contributed by atoms with Crippen molar-refractivity contribution < 1.29 is 14.2 Å². The number of rotatable bonds is 3. The molecule has 2 N–H and O–H groups in total. The summed E-state index contributed by atoms with van der Waals surface area (Å²) in [5.41, 5.74) is 1.82. The summed E-state index contributed by atoms with van der Waals surface area (Å²) >= 11 is 0. The van der Waals surface area contributed by atoms with Gasteiger partial charge in [-0.3, -0.25) is 4.98 Å². The van der Waals surface area contributed by atoms with Gasteiger partial charge in [0, 0.05) is 41.7 Å². The van der Waals surface area contributed by atoms with E-state index in [2.05, 4.69) is 20.5 Å². The van der Waals surface area contributed by atoms with Crippen LogP contribution in [0, 0.1) is 0 Å². The number of ether oxygens (including phenoxy) is 1. The Bertz CT molecular complexity index is 997. The number of nitrogens with one attached hydrogen (secondary N) is 1. The number of benzene rings is 1. The van der Waals surface area contributed by atoms with E-state index in [0.29, 0.717) is 29.6 Å². The van der Waals surface area contributed by atoms with E-state index in [1.807, 2.05) is 12.1 Å². The third kappa shape index (κ3) is 3.16. The van der Waals surface area contributed by atoms with Crippen LogP contribution in [0.2, 0.25) is 0 Å². The molecule has 0 amide bonds. The molecule has 3 aromatic rings. The van der Waals surface area contributed by atoms with Crippen molar-refractivity contribution in [3.63, 3.8) is 0 Å². The maximum absolute atomic E-state index is 14.7. The highest BCUT2D eigenvalue weighted by atomic mass is 19.1. The van der Waals surface area contributed by atoms with E-state index in [1.54, 1.807) is 30.5 Å². The lowest BCUT2D eigenvalue weighted by Gasteiger charge is -2.42. The predicted octanol–water partition coefficient (Wildman–Crippen LogP) is 3.40. The molecule has 0 saturated carbocycles. The summed E-state index contributed by atoms with van der Waals surface area (Å²) in [7, 11) is 0. The Morgan fingerprint density at radius 3 is 2.93 bits per heavy atom. The molecule has 6 nitrogen and oxygen atoms in total. The molecule has 2 aliphatic rings. The number of hydrogen-bond acceptors (Lipinski definition) is 6. The fraction of sp³-hybridized carbons (Fsp3) is 0.381. The second-order valence-electron chi connectivity index (χ2n) is 7.56. The Balaban J connectivity index is 1.37. The smallest absolute Gasteiger partial charge is 0.233 e. The first-order valence-corrected chi connectivity index (χ1v) is 9.66. The molecule has 4 heterocycles. The number of nitrogens with zero attached hydrogens (tertiary/aromatic N) is 3. The molecule has 7 heteroatoms. The number of piperidine rings is 2. The van der Waals surface area contributed by atoms with Crippen LogP contribution in [-0.2, 0) is 0 Å². The van der Waals surface area contributed by atoms with Gasteiger partial charge in [-0.2, -0.15) is 0 Å². The summed E-state index contributed by atoms with van der Waals surface area (Å²) in [5.74, 6) is 0.410. The van der Waals surface area contributed by atoms with Crippen molar-refractivity contribution in [2.75, 3.05) is 0 Å². The Labute approximate surface area is 161 Å². The number of aromatic nitrogens is 3. The van der Waals surface area contributed by atoms with Gasteiger partial charge in [0.2, 0.25) is 5.88 Å². The van der Waals surface area contributed by atoms with Crippen LogP contribution in [0.25, 0.3) is 22.2 Å². The normalized spacial score (nSPS) is 26.9. The van der Waals surface area contributed by atoms with Crippen molar-refractivity contribution in [2.45, 2.75) is 50.0 Å². The van der Waals surface area contributed by atoms with Gasteiger partial charge in [0.15, 0.2) is 6.17 Å². The molecule has 144 valence electrons. The van der Waals surface area contributed by atoms with Gasteiger partial charge in [-0.05, 0) is 37.1 Å². The van der Waals surface area contributed by atoms with Crippen molar-refractivity contribution in [1.82, 2.24) is 20.5 Å². The maximum atomic E-state index is 14.7. The SMILES string of the molecule is Oc1cc2cccnc2cc1-c1ccc(O[C@H]2CC3CCCC(N3)[C@H]2F)nn1. The van der Waals surface area contributed by atoms with E-state index in [4.69, 9.17) is 4.74 Å². The lowest BCUT2D eigenvalue weighted by atomic mass is 9.84. The summed E-state index contributed by atoms with van der Waals surface area (Å²) in [6, 6.07) is 10.7. The Kier molecular flexibility index (Phi) is 4.31. The van der Waals surface area contributed by atoms with Crippen molar-refractivity contribution >= 4 is 10.9 Å². The predicted molar refractivity (Wildman–Crippen MR) is 103 cm³/mol. The fourth-order valence-corrected chi connectivity index (χ4v) is 4.27. The lowest BCUT2D eigenvalue weighted by Crippen LogP contribution is -2.59. The summed E-state index contributed by atoms with van der Waals surface area (Å²) in [6.07, 6.45) is 3.75. The highest BCUT2D eigenvalue weighted by molar-refractivity contribution is 5.86. The number of aromatic hydroxyl groups is 1. The van der Waals surface area contributed by atoms with Gasteiger partial charge in [0.1, 0.15) is 11.9 Å². The van der Waals surface area contributed by atoms with Crippen molar-refractivity contribution in [3.05, 3.63) is 42.6 Å². The number of fused-ring (bicyclic) bond motifs is 3. The van der Waals surface area contributed by atoms with Crippen LogP contribution in [0.4, 0.5) is 4.39 Å². The summed E-state index contributed by atoms with van der Waals surface area (Å²) in [6.45, 7) is 0. The Hall–Kier alpha value is -2.80. The largest absolute Gasteiger partial charge is 0.507 e. The molecule has 2 unspecified atom stereocenters. The highest BCUT2D eigenvalue weighted by Gasteiger charge is 2.41. The van der Waals surface area contributed by atoms with Gasteiger partial charge in [-0.25, -0.2) is 4.39 Å². The minimum atomic E-state index is -1.05. The van der Waals surface area contributed by atoms with Crippen LogP contribution in [0.15, 0.2) is 42.6 Å². The molecule has 0 spiro atoms. The minimum Gasteiger partial charge on any atom is -0.507 e. The van der Waals surface area contributed by atoms with Crippen molar-refractivity contribution in [3.8, 4) is 22.9 Å². The number of halogens is 1. The van der Waals surface area contributed by atoms with E-state index in [-0.39, 0.29) is 11.8 Å². The van der Waals surface area contributed by atoms with E-state index in [0.717, 1.165) is 30.2 Å². The van der Waals surface area contributed by atoms with E-state index < -0.39 is 12.3 Å². The molecule has 2 aliphatic heterocycles. The Morgan fingerprint density at radius 2 is 2.07 bits per heavy atom. The molecule has 2 saturated heterocycles. The monoisotopic (exact) mass is 380 g/mol. The summed E-state index contributed by atoms with van der Waals surface area (Å²) < 4.78 is 20.5. The molecule has 2 aromatic heterocycles. The van der Waals surface area contributed by atoms with E-state index >= 15 is 0 Å². The van der Waals surface area contributed by atoms with Crippen LogP contribution in [0.3, 0.4) is 0 Å². The van der Waals surface area contributed by atoms with Crippen molar-refractivity contribution in [1.29, 1.82) is 0 Å². The summed E-state index contributed by atoms with van der Waals surface area (Å²) in [5, 5.41) is 22.8. The molecule has 1 aromatic carbocycles. The number of hydrogen-bond donors (Lipinski definition) is 2. The van der Waals surface area contributed by atoms with Gasteiger partial charge in [-0.1, -0.05) is 12.5 Å². The van der Waals surface area contributed by atoms with E-state index in [9.17, 15) is 9.50 Å². The quantitative estimate of drug-likeness (QED) is 0.725. The standard InChI is InChI=1S/C21H21FN4O2/c22-21-16-5-1-4-13(24-16)10-19(21)28-20-7-6-15(25-26-20)14-11-17-12(9-18(14)27)3-2-8-23-17/h2-3,6-9,11,13,16,19,21,24,27H,1,4-5,10H2/t13?,16?,19-,21+/m0/s1. The maximum Gasteiger partial charge on any atom is 0.233 e. The minimum absolute atomic E-state index is 0.110. The van der Waals surface area contributed by atoms with Crippen LogP contribution in [-0.4, -0.2) is 44.6 Å². The zero-order valence-electron chi connectivity index (χ0n) is 15.3. The lowest BCUT2D eigenvalue weighted by molar-refractivity contribution is 0.00652. The molecule has 2 fully saturated rings. The first kappa shape index (κ1) is 17.3. The highest BCUT2D eigenvalue weighted by Crippen LogP contribution is 2.33. The van der Waals surface area contributed by atoms with Crippen molar-refractivity contribution in [2.24, 2.45) is 0 Å². The molecular formula is C21H21FN4O2. The van der Waals surface area contributed by atoms with Gasteiger partial charge in [-0.15, -0.1) is 10.2 Å². The first-order chi connectivity index (χ1) is 13.7. The summed E-state index contributed by atoms with van der Waals surface area (Å²) in [4.78, 5) is 4.31. The number of alkyl halides is 1. The molecule has 2 bridgehead atoms. The second-order valence-corrected chi connectivity index (χ2v) is 7.56. The second kappa shape index (κ2) is 6.98. The number of phenols is 1. The third-order valence-corrected chi connectivity index (χ3v) is 5.68. The third-order valence-electron chi connectivity index (χ3n) is 5.68. The first-order valence-electron chi connectivity index (χ1n) is 9.66. The van der Waals surface area contributed by atoms with Crippen LogP contribution in [0.5, 0.6) is 11.6 Å². The molecule has 0 aliphatic carbocycles. The number of phenolic OH excluding ortho intramolecular Hbond substituents is 1.